The van der Waals surface area contributed by atoms with Crippen LogP contribution in [0.4, 0.5) is 5.69 Å². The third-order valence-corrected chi connectivity index (χ3v) is 3.81. The second kappa shape index (κ2) is 9.61. The lowest BCUT2D eigenvalue weighted by molar-refractivity contribution is -0.403. The van der Waals surface area contributed by atoms with Gasteiger partial charge in [0.05, 0.1) is 9.82 Å². The molecule has 0 bridgehead atoms. The molecule has 2 aromatic rings. The lowest BCUT2D eigenvalue weighted by Gasteiger charge is -2.04. The van der Waals surface area contributed by atoms with Gasteiger partial charge in [-0.15, -0.1) is 0 Å². The summed E-state index contributed by atoms with van der Waals surface area (Å²) in [5.41, 5.74) is 4.25. The van der Waals surface area contributed by atoms with Crippen molar-refractivity contribution in [2.45, 2.75) is 24.5 Å². The van der Waals surface area contributed by atoms with Crippen LogP contribution in [0.25, 0.3) is 0 Å². The zero-order valence-electron chi connectivity index (χ0n) is 13.9. The highest BCUT2D eigenvalue weighted by Crippen LogP contribution is 2.12. The van der Waals surface area contributed by atoms with Crippen LogP contribution in [-0.4, -0.2) is 29.9 Å². The summed E-state index contributed by atoms with van der Waals surface area (Å²) in [6.45, 7) is 1.74. The molecule has 0 amide bonds. The lowest BCUT2D eigenvalue weighted by Crippen LogP contribution is -2.63. The van der Waals surface area contributed by atoms with Gasteiger partial charge in [-0.05, 0) is 36.8 Å². The van der Waals surface area contributed by atoms with E-state index in [-0.39, 0.29) is 17.2 Å². The monoisotopic (exact) mass is 382 g/mol. The zero-order valence-corrected chi connectivity index (χ0v) is 14.7. The Morgan fingerprint density at radius 3 is 2.08 bits per heavy atom. The van der Waals surface area contributed by atoms with Gasteiger partial charge in [0.25, 0.3) is 5.69 Å². The first-order valence-electron chi connectivity index (χ1n) is 7.35. The highest BCUT2D eigenvalue weighted by atomic mass is 32.2. The number of hydrogen-bond acceptors (Lipinski definition) is 7. The van der Waals surface area contributed by atoms with Crippen LogP contribution in [0.1, 0.15) is 12.5 Å². The molecular weight excluding hydrogens is 364 g/mol. The molecule has 3 N–H and O–H groups in total. The molecule has 0 aliphatic rings. The standard InChI is InChI=1S/C10H12N2O4.C6H6O3S/c1-7(11)10(13)16-6-8-2-4-9(5-3-8)12(14)15;7-10(8,9)6-4-2-1-3-5-6/h2-5,7H,6,11H2,1H3;1-5H,(H,7,8,9)/t7-;/m1./s1. The molecule has 0 unspecified atom stereocenters. The van der Waals surface area contributed by atoms with Crippen LogP contribution in [0.2, 0.25) is 0 Å². The van der Waals surface area contributed by atoms with Crippen LogP contribution in [-0.2, 0) is 26.3 Å². The number of nitrogens with zero attached hydrogens (tertiary/aromatic N) is 1. The maximum atomic E-state index is 11.1. The molecule has 0 heterocycles. The third kappa shape index (κ3) is 7.38. The van der Waals surface area contributed by atoms with E-state index in [0.717, 1.165) is 0 Å². The van der Waals surface area contributed by atoms with Crippen LogP contribution in [0.5, 0.6) is 0 Å². The Morgan fingerprint density at radius 1 is 1.15 bits per heavy atom. The number of quaternary nitrogens is 1. The topological polar surface area (TPSA) is 154 Å². The minimum atomic E-state index is -4.25. The summed E-state index contributed by atoms with van der Waals surface area (Å²) in [6, 6.07) is 12.6. The van der Waals surface area contributed by atoms with Crippen LogP contribution in [0.3, 0.4) is 0 Å². The fourth-order valence-corrected chi connectivity index (χ4v) is 2.09. The molecule has 1 atom stereocenters. The molecule has 2 rings (SSSR count). The van der Waals surface area contributed by atoms with Crippen molar-refractivity contribution < 1.29 is 33.2 Å². The molecule has 0 aliphatic heterocycles. The molecule has 0 saturated carbocycles. The summed E-state index contributed by atoms with van der Waals surface area (Å²) in [4.78, 5) is 20.8. The van der Waals surface area contributed by atoms with Gasteiger partial charge in [0.2, 0.25) is 0 Å². The van der Waals surface area contributed by atoms with Gasteiger partial charge in [-0.25, -0.2) is 13.2 Å². The molecular formula is C16H18N2O7S. The molecule has 10 heteroatoms. The van der Waals surface area contributed by atoms with Gasteiger partial charge < -0.3 is 15.0 Å². The molecule has 26 heavy (non-hydrogen) atoms. The van der Waals surface area contributed by atoms with Crippen molar-refractivity contribution in [2.24, 2.45) is 0 Å². The highest BCUT2D eigenvalue weighted by molar-refractivity contribution is 7.85. The second-order valence-corrected chi connectivity index (χ2v) is 6.58. The van der Waals surface area contributed by atoms with E-state index in [4.69, 9.17) is 4.74 Å². The van der Waals surface area contributed by atoms with E-state index in [1.165, 1.54) is 36.4 Å². The highest BCUT2D eigenvalue weighted by Gasteiger charge is 2.12. The van der Waals surface area contributed by atoms with Crippen molar-refractivity contribution in [3.8, 4) is 0 Å². The van der Waals surface area contributed by atoms with E-state index >= 15 is 0 Å². The van der Waals surface area contributed by atoms with E-state index < -0.39 is 27.1 Å². The van der Waals surface area contributed by atoms with Gasteiger partial charge >= 0.3 is 5.97 Å². The largest absolute Gasteiger partial charge is 0.744 e. The first-order valence-corrected chi connectivity index (χ1v) is 8.76. The summed E-state index contributed by atoms with van der Waals surface area (Å²) in [5.74, 6) is -0.390. The van der Waals surface area contributed by atoms with Crippen molar-refractivity contribution in [1.82, 2.24) is 0 Å². The summed E-state index contributed by atoms with van der Waals surface area (Å²) in [6.07, 6.45) is 0. The molecule has 0 fully saturated rings. The molecule has 140 valence electrons. The van der Waals surface area contributed by atoms with Gasteiger partial charge in [0, 0.05) is 12.1 Å². The maximum absolute atomic E-state index is 11.1. The Kier molecular flexibility index (Phi) is 7.84. The third-order valence-electron chi connectivity index (χ3n) is 2.96. The van der Waals surface area contributed by atoms with Crippen molar-refractivity contribution in [2.75, 3.05) is 0 Å². The molecule has 2 aromatic carbocycles. The molecule has 9 nitrogen and oxygen atoms in total. The fraction of sp³-hybridized carbons (Fsp3) is 0.188. The number of rotatable bonds is 5. The molecule has 0 aromatic heterocycles. The number of esters is 1. The van der Waals surface area contributed by atoms with Crippen molar-refractivity contribution >= 4 is 21.8 Å². The van der Waals surface area contributed by atoms with E-state index in [1.807, 2.05) is 0 Å². The number of carbonyl (C=O) groups is 1. The predicted molar refractivity (Wildman–Crippen MR) is 89.6 cm³/mol. The number of nitro groups is 1. The number of nitro benzene ring substituents is 1. The predicted octanol–water partition coefficient (Wildman–Crippen LogP) is 0.859. The SMILES string of the molecule is C[C@@H]([NH3+])C(=O)OCc1ccc([N+](=O)[O-])cc1.O=S(=O)([O-])c1ccccc1. The quantitative estimate of drug-likeness (QED) is 0.348. The Balaban J connectivity index is 0.000000289. The van der Waals surface area contributed by atoms with Crippen LogP contribution in [0, 0.1) is 10.1 Å². The molecule has 0 saturated heterocycles. The lowest BCUT2D eigenvalue weighted by atomic mass is 10.2. The second-order valence-electron chi connectivity index (χ2n) is 5.20. The van der Waals surface area contributed by atoms with Gasteiger partial charge in [0.15, 0.2) is 6.04 Å². The van der Waals surface area contributed by atoms with Crippen LogP contribution < -0.4 is 5.73 Å². The smallest absolute Gasteiger partial charge is 0.364 e. The van der Waals surface area contributed by atoms with Crippen molar-refractivity contribution in [3.63, 3.8) is 0 Å². The Morgan fingerprint density at radius 2 is 1.69 bits per heavy atom. The van der Waals surface area contributed by atoms with Gasteiger partial charge in [-0.1, -0.05) is 18.2 Å². The summed E-state index contributed by atoms with van der Waals surface area (Å²) in [5, 5.41) is 10.4. The van der Waals surface area contributed by atoms with E-state index in [9.17, 15) is 27.9 Å². The number of ether oxygens (including phenoxy) is 1. The minimum Gasteiger partial charge on any atom is -0.744 e. The van der Waals surface area contributed by atoms with Gasteiger partial charge in [0.1, 0.15) is 16.7 Å². The normalized spacial score (nSPS) is 11.7. The number of hydrogen-bond donors (Lipinski definition) is 1. The summed E-state index contributed by atoms with van der Waals surface area (Å²) < 4.78 is 35.8. The summed E-state index contributed by atoms with van der Waals surface area (Å²) in [7, 11) is -4.25. The minimum absolute atomic E-state index is 0.0144. The average Bonchev–Trinajstić information content (AvgIpc) is 2.60. The Hall–Kier alpha value is -2.82. The first kappa shape index (κ1) is 21.2. The Labute approximate surface area is 150 Å². The summed E-state index contributed by atoms with van der Waals surface area (Å²) >= 11 is 0. The van der Waals surface area contributed by atoms with Crippen LogP contribution in [0.15, 0.2) is 59.5 Å². The van der Waals surface area contributed by atoms with Crippen LogP contribution >= 0.6 is 0 Å². The van der Waals surface area contributed by atoms with Crippen molar-refractivity contribution in [3.05, 3.63) is 70.3 Å². The average molecular weight is 382 g/mol. The van der Waals surface area contributed by atoms with E-state index in [1.54, 1.807) is 25.1 Å². The van der Waals surface area contributed by atoms with Crippen molar-refractivity contribution in [1.29, 1.82) is 0 Å². The molecule has 0 radical (unpaired) electrons. The van der Waals surface area contributed by atoms with E-state index in [2.05, 4.69) is 5.73 Å². The van der Waals surface area contributed by atoms with E-state index in [0.29, 0.717) is 5.56 Å². The molecule has 0 aliphatic carbocycles. The number of non-ortho nitro benzene ring substituents is 1. The number of carbonyl (C=O) groups excluding carboxylic acids is 1. The first-order chi connectivity index (χ1) is 12.1. The van der Waals surface area contributed by atoms with Gasteiger partial charge in [-0.2, -0.15) is 0 Å². The number of benzene rings is 2. The fourth-order valence-electron chi connectivity index (χ4n) is 1.60. The van der Waals surface area contributed by atoms with Gasteiger partial charge in [-0.3, -0.25) is 10.1 Å². The zero-order chi connectivity index (χ0) is 19.7. The molecule has 0 spiro atoms. The maximum Gasteiger partial charge on any atom is 0.364 e. The Bertz CT molecular complexity index is 835.